The van der Waals surface area contributed by atoms with Gasteiger partial charge in [-0.15, -0.1) is 12.4 Å². The third-order valence-electron chi connectivity index (χ3n) is 3.64. The topological polar surface area (TPSA) is 33.7 Å². The average molecular weight is 321 g/mol. The molecule has 1 aliphatic rings. The SMILES string of the molecule is COc1ccc(CN(C)C2CCNC2)c(Cl)c1OC.Cl. The van der Waals surface area contributed by atoms with Gasteiger partial charge in [0.05, 0.1) is 19.2 Å². The first-order valence-electron chi connectivity index (χ1n) is 6.47. The van der Waals surface area contributed by atoms with Gasteiger partial charge in [0.2, 0.25) is 0 Å². The van der Waals surface area contributed by atoms with Crippen molar-refractivity contribution < 1.29 is 9.47 Å². The first kappa shape index (κ1) is 17.4. The van der Waals surface area contributed by atoms with E-state index in [1.807, 2.05) is 12.1 Å². The van der Waals surface area contributed by atoms with E-state index in [-0.39, 0.29) is 12.4 Å². The summed E-state index contributed by atoms with van der Waals surface area (Å²) in [7, 11) is 5.35. The van der Waals surface area contributed by atoms with Crippen LogP contribution in [-0.2, 0) is 6.54 Å². The van der Waals surface area contributed by atoms with Crippen molar-refractivity contribution in [3.05, 3.63) is 22.7 Å². The van der Waals surface area contributed by atoms with Crippen molar-refractivity contribution >= 4 is 24.0 Å². The molecule has 114 valence electrons. The molecule has 1 aromatic rings. The normalized spacial score (nSPS) is 17.9. The van der Waals surface area contributed by atoms with Gasteiger partial charge in [0.25, 0.3) is 0 Å². The highest BCUT2D eigenvalue weighted by molar-refractivity contribution is 6.33. The molecule has 4 nitrogen and oxygen atoms in total. The third-order valence-corrected chi connectivity index (χ3v) is 4.06. The van der Waals surface area contributed by atoms with Crippen molar-refractivity contribution in [1.29, 1.82) is 0 Å². The van der Waals surface area contributed by atoms with Gasteiger partial charge < -0.3 is 14.8 Å². The van der Waals surface area contributed by atoms with Crippen molar-refractivity contribution in [1.82, 2.24) is 10.2 Å². The lowest BCUT2D eigenvalue weighted by molar-refractivity contribution is 0.248. The smallest absolute Gasteiger partial charge is 0.179 e. The van der Waals surface area contributed by atoms with Crippen LogP contribution in [0.25, 0.3) is 0 Å². The number of rotatable bonds is 5. The fourth-order valence-electron chi connectivity index (χ4n) is 2.47. The van der Waals surface area contributed by atoms with E-state index in [0.29, 0.717) is 22.6 Å². The van der Waals surface area contributed by atoms with Crippen molar-refractivity contribution in [2.75, 3.05) is 34.4 Å². The summed E-state index contributed by atoms with van der Waals surface area (Å²) in [5.74, 6) is 1.28. The summed E-state index contributed by atoms with van der Waals surface area (Å²) in [5.41, 5.74) is 1.06. The maximum atomic E-state index is 6.40. The van der Waals surface area contributed by atoms with Crippen LogP contribution in [0.15, 0.2) is 12.1 Å². The molecule has 1 aromatic carbocycles. The zero-order chi connectivity index (χ0) is 13.8. The van der Waals surface area contributed by atoms with Gasteiger partial charge in [0.1, 0.15) is 0 Å². The number of nitrogens with zero attached hydrogens (tertiary/aromatic N) is 1. The second-order valence-corrected chi connectivity index (χ2v) is 5.21. The molecule has 1 unspecified atom stereocenters. The van der Waals surface area contributed by atoms with Crippen molar-refractivity contribution in [3.63, 3.8) is 0 Å². The maximum Gasteiger partial charge on any atom is 0.179 e. The molecule has 1 heterocycles. The van der Waals surface area contributed by atoms with Crippen LogP contribution in [-0.4, -0.2) is 45.3 Å². The minimum Gasteiger partial charge on any atom is -0.493 e. The van der Waals surface area contributed by atoms with Crippen molar-refractivity contribution in [3.8, 4) is 11.5 Å². The summed E-state index contributed by atoms with van der Waals surface area (Å²) in [6.07, 6.45) is 1.18. The Balaban J connectivity index is 0.00000200. The van der Waals surface area contributed by atoms with Crippen LogP contribution in [0.3, 0.4) is 0 Å². The van der Waals surface area contributed by atoms with Crippen LogP contribution in [0, 0.1) is 0 Å². The largest absolute Gasteiger partial charge is 0.493 e. The number of hydrogen-bond acceptors (Lipinski definition) is 4. The maximum absolute atomic E-state index is 6.40. The number of nitrogens with one attached hydrogen (secondary N) is 1. The first-order valence-corrected chi connectivity index (χ1v) is 6.85. The van der Waals surface area contributed by atoms with Crippen LogP contribution >= 0.6 is 24.0 Å². The van der Waals surface area contributed by atoms with Crippen LogP contribution in [0.1, 0.15) is 12.0 Å². The molecule has 0 amide bonds. The van der Waals surface area contributed by atoms with Crippen LogP contribution in [0.5, 0.6) is 11.5 Å². The zero-order valence-corrected chi connectivity index (χ0v) is 13.7. The fourth-order valence-corrected chi connectivity index (χ4v) is 2.76. The third kappa shape index (κ3) is 3.70. The quantitative estimate of drug-likeness (QED) is 0.904. The van der Waals surface area contributed by atoms with Gasteiger partial charge in [0.15, 0.2) is 11.5 Å². The molecular weight excluding hydrogens is 299 g/mol. The predicted molar refractivity (Wildman–Crippen MR) is 84.5 cm³/mol. The molecule has 0 bridgehead atoms. The number of likely N-dealkylation sites (N-methyl/N-ethyl adjacent to an activating group) is 1. The molecule has 1 saturated heterocycles. The Kier molecular flexibility index (Phi) is 6.89. The Bertz CT molecular complexity index is 437. The van der Waals surface area contributed by atoms with Crippen molar-refractivity contribution in [2.45, 2.75) is 19.0 Å². The van der Waals surface area contributed by atoms with Gasteiger partial charge in [-0.05, 0) is 31.6 Å². The second-order valence-electron chi connectivity index (χ2n) is 4.84. The standard InChI is InChI=1S/C14H21ClN2O2.ClH/c1-17(11-6-7-16-8-11)9-10-4-5-12(18-2)14(19-3)13(10)15;/h4-5,11,16H,6-9H2,1-3H3;1H. The Hall–Kier alpha value is -0.680. The number of halogens is 2. The van der Waals surface area contributed by atoms with Gasteiger partial charge in [-0.1, -0.05) is 17.7 Å². The summed E-state index contributed by atoms with van der Waals surface area (Å²) in [6, 6.07) is 4.48. The summed E-state index contributed by atoms with van der Waals surface area (Å²) in [5, 5.41) is 4.01. The molecule has 1 N–H and O–H groups in total. The lowest BCUT2D eigenvalue weighted by atomic mass is 10.1. The first-order chi connectivity index (χ1) is 9.17. The van der Waals surface area contributed by atoms with E-state index in [1.54, 1.807) is 14.2 Å². The van der Waals surface area contributed by atoms with E-state index in [4.69, 9.17) is 21.1 Å². The van der Waals surface area contributed by atoms with Gasteiger partial charge in [-0.3, -0.25) is 4.90 Å². The predicted octanol–water partition coefficient (Wildman–Crippen LogP) is 2.57. The summed E-state index contributed by atoms with van der Waals surface area (Å²) in [6.45, 7) is 2.95. The average Bonchev–Trinajstić information content (AvgIpc) is 2.94. The fraction of sp³-hybridized carbons (Fsp3) is 0.571. The second kappa shape index (κ2) is 7.93. The molecule has 0 aromatic heterocycles. The molecule has 6 heteroatoms. The molecule has 0 spiro atoms. The lowest BCUT2D eigenvalue weighted by Crippen LogP contribution is -2.32. The summed E-state index contributed by atoms with van der Waals surface area (Å²) >= 11 is 6.40. The molecule has 1 atom stereocenters. The molecule has 1 fully saturated rings. The van der Waals surface area contributed by atoms with Gasteiger partial charge in [-0.2, -0.15) is 0 Å². The van der Waals surface area contributed by atoms with Gasteiger partial charge >= 0.3 is 0 Å². The van der Waals surface area contributed by atoms with Crippen molar-refractivity contribution in [2.24, 2.45) is 0 Å². The molecule has 0 radical (unpaired) electrons. The van der Waals surface area contributed by atoms with Crippen LogP contribution in [0.4, 0.5) is 0 Å². The Morgan fingerprint density at radius 3 is 2.65 bits per heavy atom. The highest BCUT2D eigenvalue weighted by atomic mass is 35.5. The number of benzene rings is 1. The molecule has 20 heavy (non-hydrogen) atoms. The van der Waals surface area contributed by atoms with Gasteiger partial charge in [-0.25, -0.2) is 0 Å². The Morgan fingerprint density at radius 2 is 2.10 bits per heavy atom. The Labute approximate surface area is 131 Å². The summed E-state index contributed by atoms with van der Waals surface area (Å²) < 4.78 is 10.6. The van der Waals surface area contributed by atoms with E-state index in [2.05, 4.69) is 17.3 Å². The molecule has 1 aliphatic heterocycles. The minimum atomic E-state index is 0. The Morgan fingerprint density at radius 1 is 1.35 bits per heavy atom. The van der Waals surface area contributed by atoms with Crippen LogP contribution < -0.4 is 14.8 Å². The number of methoxy groups -OCH3 is 2. The van der Waals surface area contributed by atoms with E-state index in [0.717, 1.165) is 25.2 Å². The van der Waals surface area contributed by atoms with Crippen LogP contribution in [0.2, 0.25) is 5.02 Å². The lowest BCUT2D eigenvalue weighted by Gasteiger charge is -2.24. The minimum absolute atomic E-state index is 0. The zero-order valence-electron chi connectivity index (χ0n) is 12.1. The highest BCUT2D eigenvalue weighted by Gasteiger charge is 2.21. The molecular formula is C14H22Cl2N2O2. The highest BCUT2D eigenvalue weighted by Crippen LogP contribution is 2.37. The molecule has 0 saturated carbocycles. The molecule has 2 rings (SSSR count). The van der Waals surface area contributed by atoms with E-state index >= 15 is 0 Å². The van der Waals surface area contributed by atoms with E-state index in [1.165, 1.54) is 6.42 Å². The van der Waals surface area contributed by atoms with E-state index < -0.39 is 0 Å². The molecule has 0 aliphatic carbocycles. The number of ether oxygens (including phenoxy) is 2. The van der Waals surface area contributed by atoms with Gasteiger partial charge in [0, 0.05) is 19.1 Å². The number of hydrogen-bond donors (Lipinski definition) is 1. The summed E-state index contributed by atoms with van der Waals surface area (Å²) in [4.78, 5) is 2.33. The monoisotopic (exact) mass is 320 g/mol. The van der Waals surface area contributed by atoms with E-state index in [9.17, 15) is 0 Å².